The van der Waals surface area contributed by atoms with Crippen molar-refractivity contribution in [2.24, 2.45) is 0 Å². The van der Waals surface area contributed by atoms with E-state index in [1.165, 1.54) is 0 Å². The van der Waals surface area contributed by atoms with Gasteiger partial charge < -0.3 is 18.8 Å². The summed E-state index contributed by atoms with van der Waals surface area (Å²) in [6.45, 7) is 0.173. The topological polar surface area (TPSA) is 112 Å². The molecule has 11 heteroatoms. The molecule has 2 aromatic carbocycles. The molecular formula is C21H19N3O6S2. The number of anilines is 1. The maximum absolute atomic E-state index is 13.1. The first-order chi connectivity index (χ1) is 15.5. The van der Waals surface area contributed by atoms with Crippen LogP contribution in [0.15, 0.2) is 58.2 Å². The summed E-state index contributed by atoms with van der Waals surface area (Å²) in [7, 11) is -3.14. The minimum absolute atomic E-state index is 0.0346. The number of aromatic nitrogens is 2. The van der Waals surface area contributed by atoms with E-state index in [1.807, 2.05) is 18.2 Å². The molecule has 3 heterocycles. The van der Waals surface area contributed by atoms with Gasteiger partial charge in [0.25, 0.3) is 5.22 Å². The largest absolute Gasteiger partial charge is 0.454 e. The van der Waals surface area contributed by atoms with Crippen LogP contribution in [0.25, 0.3) is 11.5 Å². The van der Waals surface area contributed by atoms with Crippen LogP contribution in [0.2, 0.25) is 0 Å². The van der Waals surface area contributed by atoms with Crippen LogP contribution in [-0.4, -0.2) is 54.6 Å². The van der Waals surface area contributed by atoms with Crippen LogP contribution in [0.3, 0.4) is 0 Å². The summed E-state index contributed by atoms with van der Waals surface area (Å²) in [6.07, 6.45) is 0.419. The number of thioether (sulfide) groups is 1. The first kappa shape index (κ1) is 20.8. The molecule has 0 aliphatic carbocycles. The van der Waals surface area contributed by atoms with Crippen molar-refractivity contribution in [3.63, 3.8) is 0 Å². The van der Waals surface area contributed by atoms with E-state index in [4.69, 9.17) is 13.9 Å². The summed E-state index contributed by atoms with van der Waals surface area (Å²) in [6, 6.07) is 14.0. The number of sulfone groups is 1. The van der Waals surface area contributed by atoms with Crippen molar-refractivity contribution in [3.8, 4) is 23.0 Å². The minimum Gasteiger partial charge on any atom is -0.454 e. The molecule has 0 N–H and O–H groups in total. The third-order valence-electron chi connectivity index (χ3n) is 5.22. The monoisotopic (exact) mass is 473 g/mol. The van der Waals surface area contributed by atoms with E-state index in [-0.39, 0.29) is 41.2 Å². The first-order valence-corrected chi connectivity index (χ1v) is 12.7. The standard InChI is InChI=1S/C21H19N3O6S2/c25-19(24(15-4-2-1-3-5-15)16-8-9-32(26,27)12-16)11-31-21-23-22-20(30-21)14-6-7-17-18(10-14)29-13-28-17/h1-7,10,16H,8-9,11-13H2/t16-/m0/s1. The second-order valence-corrected chi connectivity index (χ2v) is 10.5. The molecule has 0 unspecified atom stereocenters. The molecule has 1 aromatic heterocycles. The van der Waals surface area contributed by atoms with Gasteiger partial charge in [0.2, 0.25) is 18.6 Å². The van der Waals surface area contributed by atoms with Gasteiger partial charge in [0, 0.05) is 11.3 Å². The van der Waals surface area contributed by atoms with E-state index in [0.717, 1.165) is 11.8 Å². The normalized spacial score (nSPS) is 18.6. The van der Waals surface area contributed by atoms with E-state index >= 15 is 0 Å². The van der Waals surface area contributed by atoms with Crippen molar-refractivity contribution in [1.29, 1.82) is 0 Å². The van der Waals surface area contributed by atoms with Gasteiger partial charge in [-0.15, -0.1) is 10.2 Å². The number of hydrogen-bond acceptors (Lipinski definition) is 9. The fourth-order valence-electron chi connectivity index (χ4n) is 3.73. The van der Waals surface area contributed by atoms with Crippen LogP contribution in [-0.2, 0) is 14.6 Å². The van der Waals surface area contributed by atoms with Gasteiger partial charge >= 0.3 is 0 Å². The van der Waals surface area contributed by atoms with Gasteiger partial charge in [0.05, 0.1) is 23.3 Å². The third-order valence-corrected chi connectivity index (χ3v) is 7.78. The molecule has 1 saturated heterocycles. The van der Waals surface area contributed by atoms with Crippen LogP contribution in [0.1, 0.15) is 6.42 Å². The highest BCUT2D eigenvalue weighted by molar-refractivity contribution is 7.99. The summed E-state index contributed by atoms with van der Waals surface area (Å²) in [5, 5.41) is 8.32. The van der Waals surface area contributed by atoms with E-state index in [9.17, 15) is 13.2 Å². The van der Waals surface area contributed by atoms with Gasteiger partial charge in [-0.25, -0.2) is 8.42 Å². The molecule has 1 amide bonds. The number of carbonyl (C=O) groups is 1. The lowest BCUT2D eigenvalue weighted by Gasteiger charge is -2.28. The van der Waals surface area contributed by atoms with Crippen LogP contribution in [0.5, 0.6) is 11.5 Å². The highest BCUT2D eigenvalue weighted by Crippen LogP contribution is 2.36. The zero-order valence-electron chi connectivity index (χ0n) is 16.8. The smallest absolute Gasteiger partial charge is 0.277 e. The van der Waals surface area contributed by atoms with Gasteiger partial charge in [-0.05, 0) is 36.8 Å². The minimum atomic E-state index is -3.14. The Morgan fingerprint density at radius 1 is 1.09 bits per heavy atom. The Bertz CT molecular complexity index is 1250. The predicted molar refractivity (Wildman–Crippen MR) is 118 cm³/mol. The summed E-state index contributed by atoms with van der Waals surface area (Å²) >= 11 is 1.11. The maximum atomic E-state index is 13.1. The van der Waals surface area contributed by atoms with Crippen molar-refractivity contribution in [2.45, 2.75) is 17.7 Å². The zero-order chi connectivity index (χ0) is 22.1. The number of amides is 1. The SMILES string of the molecule is O=C(CSc1nnc(-c2ccc3c(c2)OCO3)o1)N(c1ccccc1)[C@H]1CCS(=O)(=O)C1. The molecule has 2 aliphatic rings. The molecule has 166 valence electrons. The van der Waals surface area contributed by atoms with Gasteiger partial charge in [-0.3, -0.25) is 4.79 Å². The molecule has 2 aliphatic heterocycles. The molecule has 3 aromatic rings. The number of rotatable bonds is 6. The number of carbonyl (C=O) groups excluding carboxylic acids is 1. The van der Waals surface area contributed by atoms with E-state index in [0.29, 0.717) is 35.1 Å². The third kappa shape index (κ3) is 4.30. The van der Waals surface area contributed by atoms with E-state index in [1.54, 1.807) is 35.2 Å². The number of para-hydroxylation sites is 1. The van der Waals surface area contributed by atoms with Crippen LogP contribution in [0.4, 0.5) is 5.69 Å². The lowest BCUT2D eigenvalue weighted by Crippen LogP contribution is -2.42. The van der Waals surface area contributed by atoms with Crippen molar-refractivity contribution >= 4 is 33.2 Å². The lowest BCUT2D eigenvalue weighted by atomic mass is 10.2. The summed E-state index contributed by atoms with van der Waals surface area (Å²) in [5.74, 6) is 1.44. The van der Waals surface area contributed by atoms with Crippen LogP contribution < -0.4 is 14.4 Å². The Balaban J connectivity index is 1.30. The van der Waals surface area contributed by atoms with E-state index < -0.39 is 9.84 Å². The van der Waals surface area contributed by atoms with E-state index in [2.05, 4.69) is 10.2 Å². The highest BCUT2D eigenvalue weighted by Gasteiger charge is 2.35. The zero-order valence-corrected chi connectivity index (χ0v) is 18.5. The summed E-state index contributed by atoms with van der Waals surface area (Å²) in [4.78, 5) is 14.7. The Morgan fingerprint density at radius 2 is 1.91 bits per heavy atom. The predicted octanol–water partition coefficient (Wildman–Crippen LogP) is 2.78. The van der Waals surface area contributed by atoms with Crippen LogP contribution in [0, 0.1) is 0 Å². The molecule has 0 radical (unpaired) electrons. The second kappa shape index (κ2) is 8.47. The number of benzene rings is 2. The summed E-state index contributed by atoms with van der Waals surface area (Å²) < 4.78 is 40.4. The van der Waals surface area contributed by atoms with Gasteiger partial charge in [-0.1, -0.05) is 30.0 Å². The molecule has 5 rings (SSSR count). The van der Waals surface area contributed by atoms with Crippen molar-refractivity contribution in [2.75, 3.05) is 29.0 Å². The maximum Gasteiger partial charge on any atom is 0.277 e. The molecule has 0 bridgehead atoms. The number of fused-ring (bicyclic) bond motifs is 1. The van der Waals surface area contributed by atoms with Gasteiger partial charge in [0.15, 0.2) is 21.3 Å². The Labute approximate surface area is 188 Å². The highest BCUT2D eigenvalue weighted by atomic mass is 32.2. The van der Waals surface area contributed by atoms with Gasteiger partial charge in [-0.2, -0.15) is 0 Å². The fraction of sp³-hybridized carbons (Fsp3) is 0.286. The van der Waals surface area contributed by atoms with Crippen molar-refractivity contribution in [1.82, 2.24) is 10.2 Å². The molecular weight excluding hydrogens is 454 g/mol. The first-order valence-electron chi connectivity index (χ1n) is 9.92. The Hall–Kier alpha value is -3.05. The molecule has 0 spiro atoms. The van der Waals surface area contributed by atoms with Crippen molar-refractivity contribution in [3.05, 3.63) is 48.5 Å². The molecule has 9 nitrogen and oxygen atoms in total. The lowest BCUT2D eigenvalue weighted by molar-refractivity contribution is -0.116. The fourth-order valence-corrected chi connectivity index (χ4v) is 6.06. The molecule has 1 atom stereocenters. The molecule has 32 heavy (non-hydrogen) atoms. The quantitative estimate of drug-likeness (QED) is 0.499. The molecule has 1 fully saturated rings. The van der Waals surface area contributed by atoms with Crippen LogP contribution >= 0.6 is 11.8 Å². The average molecular weight is 474 g/mol. The number of hydrogen-bond donors (Lipinski definition) is 0. The number of nitrogens with zero attached hydrogens (tertiary/aromatic N) is 3. The Kier molecular flexibility index (Phi) is 5.51. The van der Waals surface area contributed by atoms with Crippen molar-refractivity contribution < 1.29 is 27.1 Å². The number of ether oxygens (including phenoxy) is 2. The molecule has 0 saturated carbocycles. The average Bonchev–Trinajstić information content (AvgIpc) is 3.52. The van der Waals surface area contributed by atoms with Gasteiger partial charge in [0.1, 0.15) is 0 Å². The second-order valence-electron chi connectivity index (χ2n) is 7.39. The Morgan fingerprint density at radius 3 is 2.69 bits per heavy atom. The summed E-state index contributed by atoms with van der Waals surface area (Å²) in [5.41, 5.74) is 1.36.